The molecule has 3 N–H and O–H groups in total. The van der Waals surface area contributed by atoms with Gasteiger partial charge in [0.2, 0.25) is 0 Å². The molecule has 2 fully saturated rings. The summed E-state index contributed by atoms with van der Waals surface area (Å²) >= 11 is 5.58. The maximum Gasteiger partial charge on any atom is 0.169 e. The molecule has 0 spiro atoms. The van der Waals surface area contributed by atoms with Gasteiger partial charge in [-0.05, 0) is 35.8 Å². The van der Waals surface area contributed by atoms with E-state index in [1.165, 1.54) is 45.0 Å². The Kier molecular flexibility index (Phi) is 9.52. The van der Waals surface area contributed by atoms with E-state index in [1.54, 1.807) is 11.3 Å². The first kappa shape index (κ1) is 27.1. The van der Waals surface area contributed by atoms with E-state index >= 15 is 0 Å². The van der Waals surface area contributed by atoms with Crippen molar-refractivity contribution in [2.24, 2.45) is 4.99 Å². The number of aliphatic imine (C=N–C) groups is 1. The van der Waals surface area contributed by atoms with Gasteiger partial charge < -0.3 is 25.8 Å². The van der Waals surface area contributed by atoms with E-state index in [1.807, 2.05) is 23.5 Å². The first-order chi connectivity index (χ1) is 18.1. The lowest BCUT2D eigenvalue weighted by atomic mass is 10.1. The van der Waals surface area contributed by atoms with Crippen molar-refractivity contribution < 1.29 is 0 Å². The standard InChI is InChI=1S/C14H22N4S.C12H18N4S2/c1-10(2)13-16-11-4-3-9-19-12(11)14(17-13)18-7-5-15-6-8-18;1-2-17-12-14-9-3-8-18-10(9)11(15-12)16-6-4-13-5-7-16/h10,15H,3-9H2,1-2H3;3,8,12-14H,2,4-7H2,1H3. The minimum atomic E-state index is 0.169. The van der Waals surface area contributed by atoms with Gasteiger partial charge in [0, 0.05) is 58.3 Å². The molecule has 6 heterocycles. The predicted molar refractivity (Wildman–Crippen MR) is 161 cm³/mol. The zero-order valence-corrected chi connectivity index (χ0v) is 24.7. The zero-order chi connectivity index (χ0) is 25.6. The summed E-state index contributed by atoms with van der Waals surface area (Å²) in [6.07, 6.45) is 2.36. The van der Waals surface area contributed by atoms with Gasteiger partial charge in [0.05, 0.1) is 21.2 Å². The lowest BCUT2D eigenvalue weighted by Crippen LogP contribution is -2.47. The van der Waals surface area contributed by atoms with Crippen LogP contribution in [-0.2, 0) is 6.42 Å². The molecule has 0 aromatic carbocycles. The first-order valence-electron chi connectivity index (χ1n) is 13.6. The van der Waals surface area contributed by atoms with Gasteiger partial charge in [0.25, 0.3) is 0 Å². The number of rotatable bonds is 4. The van der Waals surface area contributed by atoms with Crippen molar-refractivity contribution in [3.63, 3.8) is 0 Å². The molecule has 37 heavy (non-hydrogen) atoms. The summed E-state index contributed by atoms with van der Waals surface area (Å²) in [6.45, 7) is 15.0. The van der Waals surface area contributed by atoms with Crippen molar-refractivity contribution in [3.05, 3.63) is 27.8 Å². The molecule has 8 nitrogen and oxygen atoms in total. The van der Waals surface area contributed by atoms with Gasteiger partial charge in [-0.15, -0.1) is 34.9 Å². The van der Waals surface area contributed by atoms with Crippen LogP contribution in [0.3, 0.4) is 0 Å². The highest BCUT2D eigenvalue weighted by atomic mass is 32.2. The highest BCUT2D eigenvalue weighted by molar-refractivity contribution is 8.00. The Hall–Kier alpha value is -1.53. The Morgan fingerprint density at radius 1 is 1.05 bits per heavy atom. The fourth-order valence-corrected chi connectivity index (χ4v) is 7.55. The zero-order valence-electron chi connectivity index (χ0n) is 22.3. The van der Waals surface area contributed by atoms with Crippen LogP contribution in [0.25, 0.3) is 0 Å². The monoisotopic (exact) mass is 560 g/mol. The third-order valence-corrected chi connectivity index (χ3v) is 9.78. The lowest BCUT2D eigenvalue weighted by molar-refractivity contribution is 0.357. The topological polar surface area (TPSA) is 80.7 Å². The molecule has 0 radical (unpaired) electrons. The van der Waals surface area contributed by atoms with Crippen LogP contribution in [-0.4, -0.2) is 90.1 Å². The molecule has 2 aromatic heterocycles. The van der Waals surface area contributed by atoms with Gasteiger partial charge >= 0.3 is 0 Å². The number of anilines is 2. The number of thioether (sulfide) groups is 2. The highest BCUT2D eigenvalue weighted by Gasteiger charge is 2.26. The van der Waals surface area contributed by atoms with Crippen LogP contribution in [0, 0.1) is 0 Å². The molecular formula is C26H40N8S3. The average Bonchev–Trinajstić information content (AvgIpc) is 3.42. The van der Waals surface area contributed by atoms with E-state index in [0.29, 0.717) is 5.92 Å². The number of nitrogens with zero attached hydrogens (tertiary/aromatic N) is 5. The predicted octanol–water partition coefficient (Wildman–Crippen LogP) is 3.91. The van der Waals surface area contributed by atoms with E-state index in [4.69, 9.17) is 15.0 Å². The van der Waals surface area contributed by atoms with Crippen molar-refractivity contribution in [1.29, 1.82) is 0 Å². The smallest absolute Gasteiger partial charge is 0.169 e. The minimum absolute atomic E-state index is 0.169. The Bertz CT molecular complexity index is 1060. The van der Waals surface area contributed by atoms with Crippen LogP contribution in [0.1, 0.15) is 49.5 Å². The summed E-state index contributed by atoms with van der Waals surface area (Å²) in [5, 5.41) is 12.4. The molecule has 1 unspecified atom stereocenters. The van der Waals surface area contributed by atoms with Crippen molar-refractivity contribution in [1.82, 2.24) is 25.5 Å². The van der Waals surface area contributed by atoms with Crippen LogP contribution in [0.4, 0.5) is 11.5 Å². The number of hydrogen-bond donors (Lipinski definition) is 3. The SMILES string of the molecule is CC(C)c1nc2c(c(N3CCNCC3)n1)SCCC2.CCSC1N=C(N2CCNCC2)c2sccc2N1. The molecule has 11 heteroatoms. The van der Waals surface area contributed by atoms with Crippen LogP contribution in [0.2, 0.25) is 0 Å². The molecular weight excluding hydrogens is 521 g/mol. The molecule has 4 aliphatic rings. The van der Waals surface area contributed by atoms with Crippen molar-refractivity contribution in [2.75, 3.05) is 74.1 Å². The summed E-state index contributed by atoms with van der Waals surface area (Å²) in [4.78, 5) is 22.0. The number of hydrogen-bond acceptors (Lipinski definition) is 11. The van der Waals surface area contributed by atoms with Gasteiger partial charge in [-0.2, -0.15) is 0 Å². The number of nitrogens with one attached hydrogen (secondary N) is 3. The van der Waals surface area contributed by atoms with Crippen molar-refractivity contribution in [3.8, 4) is 0 Å². The van der Waals surface area contributed by atoms with Gasteiger partial charge in [0.15, 0.2) is 5.50 Å². The van der Waals surface area contributed by atoms with Crippen LogP contribution in [0.15, 0.2) is 21.3 Å². The third-order valence-electron chi connectivity index (χ3n) is 6.80. The fraction of sp³-hybridized carbons (Fsp3) is 0.654. The molecule has 0 amide bonds. The van der Waals surface area contributed by atoms with Crippen molar-refractivity contribution >= 4 is 52.2 Å². The second-order valence-electron chi connectivity index (χ2n) is 9.83. The molecule has 0 bridgehead atoms. The average molecular weight is 561 g/mol. The quantitative estimate of drug-likeness (QED) is 0.516. The van der Waals surface area contributed by atoms with Gasteiger partial charge in [-0.3, -0.25) is 0 Å². The second kappa shape index (κ2) is 13.0. The minimum Gasteiger partial charge on any atom is -0.354 e. The Morgan fingerprint density at radius 3 is 2.49 bits per heavy atom. The van der Waals surface area contributed by atoms with E-state index in [-0.39, 0.29) is 5.50 Å². The van der Waals surface area contributed by atoms with E-state index in [9.17, 15) is 0 Å². The molecule has 2 saturated heterocycles. The molecule has 0 aliphatic carbocycles. The second-order valence-corrected chi connectivity index (χ2v) is 13.2. The van der Waals surface area contributed by atoms with E-state index in [2.05, 4.69) is 58.0 Å². The van der Waals surface area contributed by atoms with Gasteiger partial charge in [0.1, 0.15) is 17.5 Å². The summed E-state index contributed by atoms with van der Waals surface area (Å²) in [5.41, 5.74) is 2.69. The van der Waals surface area contributed by atoms with E-state index in [0.717, 1.165) is 70.4 Å². The molecule has 4 aliphatic heterocycles. The number of amidine groups is 1. The maximum absolute atomic E-state index is 4.89. The molecule has 6 rings (SSSR count). The van der Waals surface area contributed by atoms with Crippen molar-refractivity contribution in [2.45, 2.75) is 49.9 Å². The third kappa shape index (κ3) is 6.55. The summed E-state index contributed by atoms with van der Waals surface area (Å²) in [7, 11) is 0. The summed E-state index contributed by atoms with van der Waals surface area (Å²) in [5.74, 6) is 6.08. The first-order valence-corrected chi connectivity index (χ1v) is 16.5. The summed E-state index contributed by atoms with van der Waals surface area (Å²) in [6, 6.07) is 2.17. The molecule has 202 valence electrons. The number of aryl methyl sites for hydroxylation is 1. The fourth-order valence-electron chi connectivity index (χ4n) is 4.85. The van der Waals surface area contributed by atoms with Gasteiger partial charge in [-0.25, -0.2) is 15.0 Å². The molecule has 1 atom stereocenters. The normalized spacial score (nSPS) is 21.4. The number of fused-ring (bicyclic) bond motifs is 2. The van der Waals surface area contributed by atoms with Crippen LogP contribution < -0.4 is 20.9 Å². The Labute approximate surface area is 233 Å². The number of piperazine rings is 2. The van der Waals surface area contributed by atoms with E-state index < -0.39 is 0 Å². The number of thiophene rings is 1. The lowest BCUT2D eigenvalue weighted by Gasteiger charge is -2.33. The Morgan fingerprint density at radius 2 is 1.78 bits per heavy atom. The summed E-state index contributed by atoms with van der Waals surface area (Å²) < 4.78 is 0. The van der Waals surface area contributed by atoms with Gasteiger partial charge in [-0.1, -0.05) is 20.8 Å². The largest absolute Gasteiger partial charge is 0.354 e. The highest BCUT2D eigenvalue weighted by Crippen LogP contribution is 2.37. The molecule has 0 saturated carbocycles. The number of aromatic nitrogens is 2. The molecule has 2 aromatic rings. The van der Waals surface area contributed by atoms with Crippen LogP contribution in [0.5, 0.6) is 0 Å². The maximum atomic E-state index is 4.89. The van der Waals surface area contributed by atoms with Crippen LogP contribution >= 0.6 is 34.9 Å². The Balaban J connectivity index is 0.000000152.